The van der Waals surface area contributed by atoms with Crippen LogP contribution in [-0.4, -0.2) is 11.8 Å². The molecule has 1 saturated heterocycles. The highest BCUT2D eigenvalue weighted by atomic mass is 16.2. The van der Waals surface area contributed by atoms with Crippen molar-refractivity contribution in [3.05, 3.63) is 54.6 Å². The molecule has 118 valence electrons. The maximum absolute atomic E-state index is 13.1. The van der Waals surface area contributed by atoms with E-state index in [0.29, 0.717) is 0 Å². The quantitative estimate of drug-likeness (QED) is 0.596. The molecule has 0 radical (unpaired) electrons. The van der Waals surface area contributed by atoms with Crippen molar-refractivity contribution in [3.63, 3.8) is 0 Å². The van der Waals surface area contributed by atoms with Crippen LogP contribution in [0.3, 0.4) is 0 Å². The molecule has 2 saturated carbocycles. The van der Waals surface area contributed by atoms with E-state index in [-0.39, 0.29) is 40.9 Å². The number of anilines is 1. The lowest BCUT2D eigenvalue weighted by Crippen LogP contribution is -2.34. The number of rotatable bonds is 1. The summed E-state index contributed by atoms with van der Waals surface area (Å²) < 4.78 is 0. The third-order valence-electron chi connectivity index (χ3n) is 6.84. The van der Waals surface area contributed by atoms with Crippen LogP contribution < -0.4 is 4.90 Å². The number of carbonyl (C=O) groups excluding carboxylic acids is 2. The zero-order valence-corrected chi connectivity index (χ0v) is 13.2. The second-order valence-corrected chi connectivity index (χ2v) is 7.76. The Morgan fingerprint density at radius 2 is 1.46 bits per heavy atom. The lowest BCUT2D eigenvalue weighted by atomic mass is 9.85. The summed E-state index contributed by atoms with van der Waals surface area (Å²) in [4.78, 5) is 27.7. The molecule has 0 aromatic heterocycles. The van der Waals surface area contributed by atoms with Crippen molar-refractivity contribution >= 4 is 28.3 Å². The Hall–Kier alpha value is -2.42. The Balaban J connectivity index is 1.45. The molecule has 0 N–H and O–H groups in total. The molecular formula is C21H17NO2. The molecule has 4 aliphatic rings. The van der Waals surface area contributed by atoms with Gasteiger partial charge in [0.15, 0.2) is 0 Å². The number of hydrogen-bond donors (Lipinski definition) is 0. The molecule has 2 amide bonds. The molecule has 2 aromatic rings. The van der Waals surface area contributed by atoms with Crippen molar-refractivity contribution in [2.24, 2.45) is 29.1 Å². The average Bonchev–Trinajstić information content (AvgIpc) is 3.20. The second kappa shape index (κ2) is 3.97. The van der Waals surface area contributed by atoms with E-state index in [9.17, 15) is 9.59 Å². The number of hydrogen-bond acceptors (Lipinski definition) is 2. The first-order valence-electron chi connectivity index (χ1n) is 8.76. The zero-order valence-electron chi connectivity index (χ0n) is 13.2. The number of benzene rings is 2. The van der Waals surface area contributed by atoms with E-state index in [4.69, 9.17) is 0 Å². The van der Waals surface area contributed by atoms with Crippen molar-refractivity contribution in [2.75, 3.05) is 4.90 Å². The largest absolute Gasteiger partial charge is 0.274 e. The zero-order chi connectivity index (χ0) is 16.1. The maximum Gasteiger partial charge on any atom is 0.238 e. The van der Waals surface area contributed by atoms with Crippen LogP contribution >= 0.6 is 0 Å². The normalized spacial score (nSPS) is 34.6. The van der Waals surface area contributed by atoms with Crippen LogP contribution in [-0.2, 0) is 9.59 Å². The number of amides is 2. The van der Waals surface area contributed by atoms with Crippen LogP contribution in [0.2, 0.25) is 0 Å². The number of allylic oxidation sites excluding steroid dienone is 2. The van der Waals surface area contributed by atoms with Gasteiger partial charge in [-0.15, -0.1) is 0 Å². The van der Waals surface area contributed by atoms with Crippen molar-refractivity contribution in [2.45, 2.75) is 12.8 Å². The highest BCUT2D eigenvalue weighted by Crippen LogP contribution is 2.73. The Bertz CT molecular complexity index is 921. The standard InChI is InChI=1S/C21H17NO2/c23-19-17-15-7-8-16(21(15)9-10-21)18(17)20(24)22(19)14-6-5-12-3-1-2-4-13(12)11-14/h1-8,11,15-18H,9-10H2/t15-,16+,17-,18-/m1/s1. The summed E-state index contributed by atoms with van der Waals surface area (Å²) in [6.45, 7) is 0. The predicted molar refractivity (Wildman–Crippen MR) is 91.2 cm³/mol. The molecule has 3 fully saturated rings. The van der Waals surface area contributed by atoms with Crippen LogP contribution in [0, 0.1) is 29.1 Å². The van der Waals surface area contributed by atoms with Gasteiger partial charge in [0.05, 0.1) is 17.5 Å². The molecule has 6 rings (SSSR count). The fourth-order valence-corrected chi connectivity index (χ4v) is 5.65. The first-order chi connectivity index (χ1) is 11.7. The number of imide groups is 1. The van der Waals surface area contributed by atoms with Gasteiger partial charge < -0.3 is 0 Å². The van der Waals surface area contributed by atoms with Gasteiger partial charge in [-0.2, -0.15) is 0 Å². The van der Waals surface area contributed by atoms with Crippen LogP contribution in [0.5, 0.6) is 0 Å². The van der Waals surface area contributed by atoms with Gasteiger partial charge in [0.2, 0.25) is 11.8 Å². The van der Waals surface area contributed by atoms with E-state index in [0.717, 1.165) is 16.5 Å². The molecule has 2 aromatic carbocycles. The van der Waals surface area contributed by atoms with E-state index < -0.39 is 0 Å². The molecule has 0 unspecified atom stereocenters. The predicted octanol–water partition coefficient (Wildman–Crippen LogP) is 3.54. The summed E-state index contributed by atoms with van der Waals surface area (Å²) in [5.74, 6) is 0.360. The summed E-state index contributed by atoms with van der Waals surface area (Å²) in [5, 5.41) is 2.19. The fourth-order valence-electron chi connectivity index (χ4n) is 5.65. The minimum Gasteiger partial charge on any atom is -0.274 e. The molecule has 1 heterocycles. The van der Waals surface area contributed by atoms with Gasteiger partial charge in [-0.25, -0.2) is 4.90 Å². The molecule has 2 bridgehead atoms. The van der Waals surface area contributed by atoms with E-state index in [1.807, 2.05) is 42.5 Å². The smallest absolute Gasteiger partial charge is 0.238 e. The van der Waals surface area contributed by atoms with Crippen molar-refractivity contribution in [1.29, 1.82) is 0 Å². The van der Waals surface area contributed by atoms with Gasteiger partial charge >= 0.3 is 0 Å². The topological polar surface area (TPSA) is 37.4 Å². The number of nitrogens with zero attached hydrogens (tertiary/aromatic N) is 1. The van der Waals surface area contributed by atoms with Crippen LogP contribution in [0.4, 0.5) is 5.69 Å². The summed E-state index contributed by atoms with van der Waals surface area (Å²) in [6, 6.07) is 13.9. The van der Waals surface area contributed by atoms with Crippen LogP contribution in [0.1, 0.15) is 12.8 Å². The third-order valence-corrected chi connectivity index (χ3v) is 6.84. The highest BCUT2D eigenvalue weighted by Gasteiger charge is 2.73. The minimum absolute atomic E-state index is 0.0170. The van der Waals surface area contributed by atoms with Gasteiger partial charge in [0.25, 0.3) is 0 Å². The SMILES string of the molecule is O=C1[C@H]2[C@H](C(=O)N1c1ccc3ccccc3c1)[C@@H]1C=C[C@H]2C12CC2. The average molecular weight is 315 g/mol. The van der Waals surface area contributed by atoms with Crippen molar-refractivity contribution < 1.29 is 9.59 Å². The highest BCUT2D eigenvalue weighted by molar-refractivity contribution is 6.23. The molecule has 3 aliphatic carbocycles. The molecule has 1 aliphatic heterocycles. The van der Waals surface area contributed by atoms with Gasteiger partial charge in [0, 0.05) is 0 Å². The molecular weight excluding hydrogens is 298 g/mol. The Morgan fingerprint density at radius 3 is 2.08 bits per heavy atom. The van der Waals surface area contributed by atoms with Crippen LogP contribution in [0.15, 0.2) is 54.6 Å². The number of fused-ring (bicyclic) bond motifs is 4. The summed E-state index contributed by atoms with van der Waals surface area (Å²) in [5.41, 5.74) is 0.984. The summed E-state index contributed by atoms with van der Waals surface area (Å²) >= 11 is 0. The maximum atomic E-state index is 13.1. The van der Waals surface area contributed by atoms with Gasteiger partial charge in [0.1, 0.15) is 0 Å². The first-order valence-corrected chi connectivity index (χ1v) is 8.76. The van der Waals surface area contributed by atoms with Gasteiger partial charge in [-0.1, -0.05) is 42.5 Å². The second-order valence-electron chi connectivity index (χ2n) is 7.76. The van der Waals surface area contributed by atoms with Crippen LogP contribution in [0.25, 0.3) is 10.8 Å². The summed E-state index contributed by atoms with van der Waals surface area (Å²) in [7, 11) is 0. The molecule has 24 heavy (non-hydrogen) atoms. The molecule has 1 spiro atoms. The monoisotopic (exact) mass is 315 g/mol. The molecule has 3 heteroatoms. The van der Waals surface area contributed by atoms with Crippen molar-refractivity contribution in [1.82, 2.24) is 0 Å². The fraction of sp³-hybridized carbons (Fsp3) is 0.333. The Morgan fingerprint density at radius 1 is 0.833 bits per heavy atom. The first kappa shape index (κ1) is 12.9. The molecule has 3 nitrogen and oxygen atoms in total. The third kappa shape index (κ3) is 1.32. The molecule has 4 atom stereocenters. The van der Waals surface area contributed by atoms with E-state index in [2.05, 4.69) is 12.2 Å². The van der Waals surface area contributed by atoms with Gasteiger partial charge in [-0.05, 0) is 53.0 Å². The van der Waals surface area contributed by atoms with E-state index >= 15 is 0 Å². The lowest BCUT2D eigenvalue weighted by molar-refractivity contribution is -0.123. The minimum atomic E-state index is -0.124. The van der Waals surface area contributed by atoms with E-state index in [1.165, 1.54) is 17.7 Å². The van der Waals surface area contributed by atoms with Gasteiger partial charge in [-0.3, -0.25) is 9.59 Å². The number of carbonyl (C=O) groups is 2. The van der Waals surface area contributed by atoms with E-state index in [1.54, 1.807) is 0 Å². The van der Waals surface area contributed by atoms with Crippen molar-refractivity contribution in [3.8, 4) is 0 Å². The lowest BCUT2D eigenvalue weighted by Gasteiger charge is -2.22. The Labute approximate surface area is 139 Å². The summed E-state index contributed by atoms with van der Waals surface area (Å²) in [6.07, 6.45) is 6.79. The Kier molecular flexibility index (Phi) is 2.14.